The van der Waals surface area contributed by atoms with Gasteiger partial charge in [0.15, 0.2) is 0 Å². The van der Waals surface area contributed by atoms with Crippen LogP contribution in [-0.4, -0.2) is 4.98 Å². The predicted molar refractivity (Wildman–Crippen MR) is 79.0 cm³/mol. The van der Waals surface area contributed by atoms with E-state index in [0.717, 1.165) is 17.8 Å². The van der Waals surface area contributed by atoms with Crippen molar-refractivity contribution in [3.8, 4) is 0 Å². The first kappa shape index (κ1) is 11.5. The minimum absolute atomic E-state index is 0.921. The third kappa shape index (κ3) is 2.16. The zero-order valence-corrected chi connectivity index (χ0v) is 11.4. The number of benzene rings is 1. The number of rotatable bonds is 2. The van der Waals surface area contributed by atoms with Crippen LogP contribution in [0.2, 0.25) is 0 Å². The van der Waals surface area contributed by atoms with Crippen LogP contribution in [0, 0.1) is 17.8 Å². The first-order valence-electron chi connectivity index (χ1n) is 7.70. The van der Waals surface area contributed by atoms with Gasteiger partial charge in [0.25, 0.3) is 0 Å². The van der Waals surface area contributed by atoms with Gasteiger partial charge < -0.3 is 0 Å². The summed E-state index contributed by atoms with van der Waals surface area (Å²) in [5.41, 5.74) is 1.53. The summed E-state index contributed by atoms with van der Waals surface area (Å²) in [7, 11) is 0. The van der Waals surface area contributed by atoms with Crippen LogP contribution in [-0.2, 0) is 6.42 Å². The highest BCUT2D eigenvalue weighted by Crippen LogP contribution is 2.45. The van der Waals surface area contributed by atoms with Gasteiger partial charge in [-0.2, -0.15) is 0 Å². The van der Waals surface area contributed by atoms with Gasteiger partial charge in [0.05, 0.1) is 0 Å². The van der Waals surface area contributed by atoms with Crippen molar-refractivity contribution < 1.29 is 0 Å². The zero-order valence-electron chi connectivity index (χ0n) is 11.4. The Morgan fingerprint density at radius 1 is 1.00 bits per heavy atom. The van der Waals surface area contributed by atoms with E-state index in [1.54, 1.807) is 0 Å². The third-order valence-electron chi connectivity index (χ3n) is 5.26. The summed E-state index contributed by atoms with van der Waals surface area (Å²) < 4.78 is 0. The second kappa shape index (κ2) is 4.63. The zero-order chi connectivity index (χ0) is 12.7. The number of nitrogens with zero attached hydrogens (tertiary/aromatic N) is 1. The van der Waals surface area contributed by atoms with Crippen LogP contribution in [0.15, 0.2) is 36.7 Å². The van der Waals surface area contributed by atoms with Crippen molar-refractivity contribution in [2.75, 3.05) is 0 Å². The summed E-state index contributed by atoms with van der Waals surface area (Å²) in [5, 5.41) is 2.70. The molecule has 98 valence electrons. The van der Waals surface area contributed by atoms with Gasteiger partial charge in [-0.1, -0.05) is 31.0 Å². The maximum Gasteiger partial charge on any atom is 0.0346 e. The molecule has 0 aliphatic heterocycles. The molecule has 2 saturated carbocycles. The lowest BCUT2D eigenvalue weighted by Crippen LogP contribution is -2.17. The molecule has 2 aliphatic carbocycles. The van der Waals surface area contributed by atoms with Gasteiger partial charge in [0.1, 0.15) is 0 Å². The van der Waals surface area contributed by atoms with Crippen molar-refractivity contribution >= 4 is 10.8 Å². The number of hydrogen-bond acceptors (Lipinski definition) is 1. The molecule has 4 rings (SSSR count). The second-order valence-electron chi connectivity index (χ2n) is 6.60. The maximum absolute atomic E-state index is 4.23. The molecular formula is C18H21N. The number of pyridine rings is 1. The molecule has 1 heteroatoms. The molecule has 1 aromatic carbocycles. The van der Waals surface area contributed by atoms with Gasteiger partial charge in [-0.05, 0) is 60.5 Å². The first-order chi connectivity index (χ1) is 9.38. The van der Waals surface area contributed by atoms with Crippen LogP contribution in [0.5, 0.6) is 0 Å². The summed E-state index contributed by atoms with van der Waals surface area (Å²) in [6.07, 6.45) is 12.7. The third-order valence-corrected chi connectivity index (χ3v) is 5.26. The van der Waals surface area contributed by atoms with E-state index in [4.69, 9.17) is 0 Å². The maximum atomic E-state index is 4.23. The van der Waals surface area contributed by atoms with Crippen LogP contribution >= 0.6 is 0 Å². The molecule has 0 radical (unpaired) electrons. The van der Waals surface area contributed by atoms with E-state index in [9.17, 15) is 0 Å². The fraction of sp³-hybridized carbons (Fsp3) is 0.500. The lowest BCUT2D eigenvalue weighted by molar-refractivity contribution is 0.260. The van der Waals surface area contributed by atoms with E-state index in [2.05, 4.69) is 29.2 Å². The van der Waals surface area contributed by atoms with Gasteiger partial charge in [-0.25, -0.2) is 0 Å². The molecule has 2 unspecified atom stereocenters. The molecule has 0 amide bonds. The topological polar surface area (TPSA) is 12.9 Å². The molecule has 1 nitrogen and oxygen atoms in total. The molecule has 19 heavy (non-hydrogen) atoms. The summed E-state index contributed by atoms with van der Waals surface area (Å²) in [6.45, 7) is 0. The van der Waals surface area contributed by atoms with E-state index in [1.807, 2.05) is 12.4 Å². The molecular weight excluding hydrogens is 230 g/mol. The molecule has 0 saturated heterocycles. The average molecular weight is 251 g/mol. The molecule has 2 bridgehead atoms. The van der Waals surface area contributed by atoms with Crippen LogP contribution < -0.4 is 0 Å². The molecule has 2 aliphatic rings. The Morgan fingerprint density at radius 2 is 1.84 bits per heavy atom. The lowest BCUT2D eigenvalue weighted by atomic mass is 9.78. The van der Waals surface area contributed by atoms with E-state index in [1.165, 1.54) is 54.9 Å². The van der Waals surface area contributed by atoms with Gasteiger partial charge in [-0.15, -0.1) is 0 Å². The van der Waals surface area contributed by atoms with Crippen LogP contribution in [0.1, 0.15) is 37.7 Å². The van der Waals surface area contributed by atoms with Crippen molar-refractivity contribution in [1.29, 1.82) is 0 Å². The predicted octanol–water partition coefficient (Wildman–Crippen LogP) is 4.60. The Kier molecular flexibility index (Phi) is 2.79. The minimum Gasteiger partial charge on any atom is -0.264 e. The van der Waals surface area contributed by atoms with Crippen molar-refractivity contribution in [1.82, 2.24) is 4.98 Å². The molecule has 1 heterocycles. The minimum atomic E-state index is 0.921. The number of hydrogen-bond donors (Lipinski definition) is 0. The van der Waals surface area contributed by atoms with Crippen LogP contribution in [0.25, 0.3) is 10.8 Å². The first-order valence-corrected chi connectivity index (χ1v) is 7.70. The van der Waals surface area contributed by atoms with Crippen LogP contribution in [0.4, 0.5) is 0 Å². The highest BCUT2D eigenvalue weighted by molar-refractivity contribution is 5.84. The number of fused-ring (bicyclic) bond motifs is 3. The van der Waals surface area contributed by atoms with Gasteiger partial charge >= 0.3 is 0 Å². The Bertz CT molecular complexity index is 572. The summed E-state index contributed by atoms with van der Waals surface area (Å²) in [4.78, 5) is 4.23. The van der Waals surface area contributed by atoms with Gasteiger partial charge in [-0.3, -0.25) is 4.98 Å². The Morgan fingerprint density at radius 3 is 2.68 bits per heavy atom. The van der Waals surface area contributed by atoms with Crippen molar-refractivity contribution in [3.05, 3.63) is 42.2 Å². The second-order valence-corrected chi connectivity index (χ2v) is 6.60. The van der Waals surface area contributed by atoms with Crippen LogP contribution in [0.3, 0.4) is 0 Å². The highest BCUT2D eigenvalue weighted by Gasteiger charge is 2.33. The molecule has 0 N–H and O–H groups in total. The van der Waals surface area contributed by atoms with Crippen molar-refractivity contribution in [2.45, 2.75) is 38.5 Å². The van der Waals surface area contributed by atoms with E-state index >= 15 is 0 Å². The highest BCUT2D eigenvalue weighted by atomic mass is 14.6. The SMILES string of the molecule is c1cc(CC2CC3CCC(C3)C2)c2ccncc2c1. The smallest absolute Gasteiger partial charge is 0.0346 e. The summed E-state index contributed by atoms with van der Waals surface area (Å²) in [5.74, 6) is 3.01. The molecule has 2 fully saturated rings. The fourth-order valence-electron chi connectivity index (χ4n) is 4.49. The monoisotopic (exact) mass is 251 g/mol. The Balaban J connectivity index is 1.61. The molecule has 0 spiro atoms. The normalized spacial score (nSPS) is 29.8. The lowest BCUT2D eigenvalue weighted by Gasteiger charge is -2.28. The number of aromatic nitrogens is 1. The van der Waals surface area contributed by atoms with E-state index < -0.39 is 0 Å². The quantitative estimate of drug-likeness (QED) is 0.760. The van der Waals surface area contributed by atoms with E-state index in [0.29, 0.717) is 0 Å². The van der Waals surface area contributed by atoms with Crippen molar-refractivity contribution in [2.24, 2.45) is 17.8 Å². The molecule has 2 atom stereocenters. The standard InChI is InChI=1S/C18H21N/c1-2-16(18-6-7-19-12-17(18)3-1)11-15-9-13-4-5-14(8-13)10-15/h1-3,6-7,12-15H,4-5,8-11H2. The average Bonchev–Trinajstić information content (AvgIpc) is 2.78. The Hall–Kier alpha value is -1.37. The Labute approximate surface area is 115 Å². The largest absolute Gasteiger partial charge is 0.264 e. The molecule has 2 aromatic rings. The summed E-state index contributed by atoms with van der Waals surface area (Å²) in [6, 6.07) is 8.87. The fourth-order valence-corrected chi connectivity index (χ4v) is 4.49. The van der Waals surface area contributed by atoms with Crippen molar-refractivity contribution in [3.63, 3.8) is 0 Å². The summed E-state index contributed by atoms with van der Waals surface area (Å²) >= 11 is 0. The van der Waals surface area contributed by atoms with Gasteiger partial charge in [0.2, 0.25) is 0 Å². The molecule has 1 aromatic heterocycles. The van der Waals surface area contributed by atoms with E-state index in [-0.39, 0.29) is 0 Å². The van der Waals surface area contributed by atoms with Gasteiger partial charge in [0, 0.05) is 17.8 Å².